The number of sulfonamides is 1. The van der Waals surface area contributed by atoms with Gasteiger partial charge in [-0.15, -0.1) is 0 Å². The van der Waals surface area contributed by atoms with Crippen molar-refractivity contribution in [2.45, 2.75) is 64.6 Å². The number of nitrogens with one attached hydrogen (secondary N) is 2. The first-order chi connectivity index (χ1) is 9.98. The van der Waals surface area contributed by atoms with Gasteiger partial charge in [-0.25, -0.2) is 8.42 Å². The average molecular weight is 316 g/mol. The van der Waals surface area contributed by atoms with Gasteiger partial charge < -0.3 is 5.32 Å². The molecule has 21 heavy (non-hydrogen) atoms. The molecule has 0 spiro atoms. The normalized spacial score (nSPS) is 13.8. The van der Waals surface area contributed by atoms with E-state index in [-0.39, 0.29) is 11.1 Å². The molecule has 0 aliphatic heterocycles. The Morgan fingerprint density at radius 3 is 2.67 bits per heavy atom. The number of aromatic nitrogens is 2. The number of rotatable bonds is 10. The van der Waals surface area contributed by atoms with Gasteiger partial charge in [-0.1, -0.05) is 27.2 Å². The molecule has 0 bridgehead atoms. The second-order valence-corrected chi connectivity index (χ2v) is 7.06. The molecule has 0 amide bonds. The van der Waals surface area contributed by atoms with Crippen molar-refractivity contribution >= 4 is 10.0 Å². The van der Waals surface area contributed by atoms with Crippen molar-refractivity contribution in [1.82, 2.24) is 19.8 Å². The fourth-order valence-corrected chi connectivity index (χ4v) is 3.97. The molecule has 1 aromatic heterocycles. The van der Waals surface area contributed by atoms with Gasteiger partial charge in [0.05, 0.1) is 6.20 Å². The Morgan fingerprint density at radius 1 is 1.38 bits per heavy atom. The van der Waals surface area contributed by atoms with E-state index in [2.05, 4.69) is 22.4 Å². The van der Waals surface area contributed by atoms with E-state index in [0.29, 0.717) is 18.7 Å². The van der Waals surface area contributed by atoms with Gasteiger partial charge in [0.15, 0.2) is 5.03 Å². The summed E-state index contributed by atoms with van der Waals surface area (Å²) in [6, 6.07) is -0.0168. The molecule has 0 radical (unpaired) electrons. The molecule has 1 aromatic rings. The van der Waals surface area contributed by atoms with Crippen LogP contribution in [0.25, 0.3) is 0 Å². The van der Waals surface area contributed by atoms with E-state index >= 15 is 0 Å². The zero-order chi connectivity index (χ0) is 15.9. The lowest BCUT2D eigenvalue weighted by atomic mass is 10.2. The summed E-state index contributed by atoms with van der Waals surface area (Å²) < 4.78 is 27.4. The molecule has 0 fully saturated rings. The summed E-state index contributed by atoms with van der Waals surface area (Å²) in [6.07, 6.45) is 4.21. The fraction of sp³-hybridized carbons (Fsp3) is 0.786. The molecule has 0 saturated carbocycles. The van der Waals surface area contributed by atoms with E-state index in [0.717, 1.165) is 25.8 Å². The topological polar surface area (TPSA) is 78.1 Å². The maximum absolute atomic E-state index is 12.9. The number of aromatic amines is 1. The van der Waals surface area contributed by atoms with E-state index < -0.39 is 10.0 Å². The minimum Gasteiger partial charge on any atom is -0.313 e. The zero-order valence-electron chi connectivity index (χ0n) is 13.5. The van der Waals surface area contributed by atoms with Gasteiger partial charge in [0.1, 0.15) is 0 Å². The summed E-state index contributed by atoms with van der Waals surface area (Å²) in [4.78, 5) is 0. The zero-order valence-corrected chi connectivity index (χ0v) is 14.3. The number of hydrogen-bond acceptors (Lipinski definition) is 4. The first kappa shape index (κ1) is 18.1. The third kappa shape index (κ3) is 4.52. The molecular formula is C14H28N4O2S. The van der Waals surface area contributed by atoms with E-state index in [1.54, 1.807) is 10.5 Å². The minimum absolute atomic E-state index is 0.0168. The highest BCUT2D eigenvalue weighted by atomic mass is 32.2. The van der Waals surface area contributed by atoms with Crippen LogP contribution in [0, 0.1) is 0 Å². The first-order valence-electron chi connectivity index (χ1n) is 7.73. The van der Waals surface area contributed by atoms with Gasteiger partial charge in [0.2, 0.25) is 0 Å². The Labute approximate surface area is 128 Å². The van der Waals surface area contributed by atoms with E-state index in [9.17, 15) is 8.42 Å². The lowest BCUT2D eigenvalue weighted by Crippen LogP contribution is -2.39. The predicted molar refractivity (Wildman–Crippen MR) is 84.5 cm³/mol. The smallest absolute Gasteiger partial charge is 0.260 e. The van der Waals surface area contributed by atoms with Crippen LogP contribution in [-0.2, 0) is 16.6 Å². The molecule has 0 aliphatic carbocycles. The van der Waals surface area contributed by atoms with E-state index in [4.69, 9.17) is 0 Å². The molecule has 7 heteroatoms. The van der Waals surface area contributed by atoms with E-state index in [1.807, 2.05) is 20.8 Å². The molecule has 122 valence electrons. The quantitative estimate of drug-likeness (QED) is 0.693. The number of nitrogens with zero attached hydrogens (tertiary/aromatic N) is 2. The Balaban J connectivity index is 3.07. The molecule has 1 heterocycles. The molecule has 0 saturated heterocycles. The molecule has 2 N–H and O–H groups in total. The van der Waals surface area contributed by atoms with Gasteiger partial charge in [-0.05, 0) is 26.3 Å². The Kier molecular flexibility index (Phi) is 7.34. The standard InChI is InChI=1S/C14H28N4O2S/c1-5-8-9-18(12(4)6-2)21(19,20)14-13(10-15-7-3)11-16-17-14/h11-12,15H,5-10H2,1-4H3,(H,16,17). The summed E-state index contributed by atoms with van der Waals surface area (Å²) in [5.74, 6) is 0. The van der Waals surface area contributed by atoms with Crippen molar-refractivity contribution < 1.29 is 8.42 Å². The predicted octanol–water partition coefficient (Wildman–Crippen LogP) is 2.11. The van der Waals surface area contributed by atoms with Gasteiger partial charge in [-0.3, -0.25) is 5.10 Å². The van der Waals surface area contributed by atoms with Crippen LogP contribution in [0.5, 0.6) is 0 Å². The second-order valence-electron chi connectivity index (χ2n) is 5.23. The number of hydrogen-bond donors (Lipinski definition) is 2. The highest BCUT2D eigenvalue weighted by Crippen LogP contribution is 2.21. The van der Waals surface area contributed by atoms with Crippen LogP contribution < -0.4 is 5.32 Å². The summed E-state index contributed by atoms with van der Waals surface area (Å²) in [7, 11) is -3.53. The molecule has 1 rings (SSSR count). The minimum atomic E-state index is -3.53. The van der Waals surface area contributed by atoms with Crippen LogP contribution >= 0.6 is 0 Å². The van der Waals surface area contributed by atoms with Crippen LogP contribution in [-0.4, -0.2) is 42.1 Å². The van der Waals surface area contributed by atoms with Crippen molar-refractivity contribution in [2.75, 3.05) is 13.1 Å². The third-order valence-corrected chi connectivity index (χ3v) is 5.65. The third-order valence-electron chi connectivity index (χ3n) is 3.62. The van der Waals surface area contributed by atoms with E-state index in [1.165, 1.54) is 0 Å². The highest BCUT2D eigenvalue weighted by molar-refractivity contribution is 7.89. The largest absolute Gasteiger partial charge is 0.313 e. The van der Waals surface area contributed by atoms with Crippen molar-refractivity contribution in [2.24, 2.45) is 0 Å². The molecule has 0 aliphatic rings. The summed E-state index contributed by atoms with van der Waals surface area (Å²) in [5, 5.41) is 9.96. The summed E-state index contributed by atoms with van der Waals surface area (Å²) in [6.45, 7) is 9.85. The van der Waals surface area contributed by atoms with Crippen LogP contribution in [0.2, 0.25) is 0 Å². The molecule has 1 unspecified atom stereocenters. The lowest BCUT2D eigenvalue weighted by Gasteiger charge is -2.27. The Bertz CT molecular complexity index is 513. The van der Waals surface area contributed by atoms with Crippen molar-refractivity contribution in [3.8, 4) is 0 Å². The van der Waals surface area contributed by atoms with Crippen molar-refractivity contribution in [3.05, 3.63) is 11.8 Å². The van der Waals surface area contributed by atoms with Crippen molar-refractivity contribution in [1.29, 1.82) is 0 Å². The number of H-pyrrole nitrogens is 1. The maximum atomic E-state index is 12.9. The Hall–Kier alpha value is -0.920. The summed E-state index contributed by atoms with van der Waals surface area (Å²) >= 11 is 0. The fourth-order valence-electron chi connectivity index (χ4n) is 2.12. The van der Waals surface area contributed by atoms with Crippen LogP contribution in [0.15, 0.2) is 11.2 Å². The first-order valence-corrected chi connectivity index (χ1v) is 9.17. The van der Waals surface area contributed by atoms with Crippen LogP contribution in [0.3, 0.4) is 0 Å². The highest BCUT2D eigenvalue weighted by Gasteiger charge is 2.31. The van der Waals surface area contributed by atoms with Gasteiger partial charge in [0.25, 0.3) is 10.0 Å². The summed E-state index contributed by atoms with van der Waals surface area (Å²) in [5.41, 5.74) is 0.696. The average Bonchev–Trinajstić information content (AvgIpc) is 2.94. The van der Waals surface area contributed by atoms with Gasteiger partial charge >= 0.3 is 0 Å². The molecular weight excluding hydrogens is 288 g/mol. The number of unbranched alkanes of at least 4 members (excludes halogenated alkanes) is 1. The second kappa shape index (κ2) is 8.51. The molecule has 0 aromatic carbocycles. The molecule has 6 nitrogen and oxygen atoms in total. The van der Waals surface area contributed by atoms with Gasteiger partial charge in [-0.2, -0.15) is 9.40 Å². The van der Waals surface area contributed by atoms with Gasteiger partial charge in [0, 0.05) is 24.7 Å². The van der Waals surface area contributed by atoms with Crippen LogP contribution in [0.1, 0.15) is 52.5 Å². The molecule has 1 atom stereocenters. The monoisotopic (exact) mass is 316 g/mol. The Morgan fingerprint density at radius 2 is 2.10 bits per heavy atom. The maximum Gasteiger partial charge on any atom is 0.260 e. The van der Waals surface area contributed by atoms with Crippen LogP contribution in [0.4, 0.5) is 0 Å². The SMILES string of the molecule is CCCCN(C(C)CC)S(=O)(=O)c1[nH]ncc1CNCC. The van der Waals surface area contributed by atoms with Crippen molar-refractivity contribution in [3.63, 3.8) is 0 Å². The lowest BCUT2D eigenvalue weighted by molar-refractivity contribution is 0.322.